The molecule has 1 aliphatic rings. The van der Waals surface area contributed by atoms with E-state index >= 15 is 0 Å². The fraction of sp³-hybridized carbons (Fsp3) is 0.538. The first-order chi connectivity index (χ1) is 7.25. The first-order valence-electron chi connectivity index (χ1n) is 5.81. The Morgan fingerprint density at radius 2 is 1.80 bits per heavy atom. The molecule has 4 N–H and O–H groups in total. The molecular weight excluding hydrogens is 184 g/mol. The smallest absolute Gasteiger partial charge is 0.00714 e. The van der Waals surface area contributed by atoms with E-state index in [9.17, 15) is 0 Å². The van der Waals surface area contributed by atoms with Gasteiger partial charge in [0, 0.05) is 12.1 Å². The van der Waals surface area contributed by atoms with Crippen molar-refractivity contribution in [1.29, 1.82) is 0 Å². The summed E-state index contributed by atoms with van der Waals surface area (Å²) in [5, 5.41) is 0. The van der Waals surface area contributed by atoms with Crippen LogP contribution < -0.4 is 11.5 Å². The van der Waals surface area contributed by atoms with Gasteiger partial charge in [-0.3, -0.25) is 0 Å². The van der Waals surface area contributed by atoms with Crippen molar-refractivity contribution in [1.82, 2.24) is 0 Å². The van der Waals surface area contributed by atoms with Crippen LogP contribution in [0.1, 0.15) is 24.8 Å². The molecule has 82 valence electrons. The second kappa shape index (κ2) is 4.77. The van der Waals surface area contributed by atoms with Gasteiger partial charge in [0.1, 0.15) is 0 Å². The molecule has 0 unspecified atom stereocenters. The average molecular weight is 204 g/mol. The van der Waals surface area contributed by atoms with Gasteiger partial charge in [0.05, 0.1) is 0 Å². The molecule has 1 aliphatic carbocycles. The van der Waals surface area contributed by atoms with E-state index in [0.717, 1.165) is 25.7 Å². The fourth-order valence-electron chi connectivity index (χ4n) is 2.48. The Hall–Kier alpha value is -0.860. The summed E-state index contributed by atoms with van der Waals surface area (Å²) in [5.74, 6) is 0.566. The van der Waals surface area contributed by atoms with Crippen molar-refractivity contribution in [3.63, 3.8) is 0 Å². The van der Waals surface area contributed by atoms with Gasteiger partial charge in [0.15, 0.2) is 0 Å². The van der Waals surface area contributed by atoms with Crippen molar-refractivity contribution in [2.45, 2.75) is 37.8 Å². The first kappa shape index (κ1) is 10.7. The van der Waals surface area contributed by atoms with Crippen molar-refractivity contribution in [3.05, 3.63) is 35.9 Å². The summed E-state index contributed by atoms with van der Waals surface area (Å²) in [4.78, 5) is 0. The Kier molecular flexibility index (Phi) is 3.39. The summed E-state index contributed by atoms with van der Waals surface area (Å²) in [5.41, 5.74) is 13.5. The Balaban J connectivity index is 1.98. The van der Waals surface area contributed by atoms with Crippen LogP contribution in [0.4, 0.5) is 0 Å². The number of nitrogens with two attached hydrogens (primary N) is 2. The highest BCUT2D eigenvalue weighted by Crippen LogP contribution is 2.25. The van der Waals surface area contributed by atoms with E-state index in [2.05, 4.69) is 30.3 Å². The molecule has 3 atom stereocenters. The van der Waals surface area contributed by atoms with Gasteiger partial charge < -0.3 is 11.5 Å². The largest absolute Gasteiger partial charge is 0.328 e. The molecule has 0 spiro atoms. The van der Waals surface area contributed by atoms with Crippen molar-refractivity contribution >= 4 is 0 Å². The fourth-order valence-corrected chi connectivity index (χ4v) is 2.48. The Morgan fingerprint density at radius 3 is 2.53 bits per heavy atom. The van der Waals surface area contributed by atoms with Crippen LogP contribution in [0.5, 0.6) is 0 Å². The Morgan fingerprint density at radius 1 is 1.07 bits per heavy atom. The maximum atomic E-state index is 6.13. The molecule has 0 aliphatic heterocycles. The Bertz CT molecular complexity index is 297. The lowest BCUT2D eigenvalue weighted by molar-refractivity contribution is 0.278. The number of benzene rings is 1. The highest BCUT2D eigenvalue weighted by Gasteiger charge is 2.26. The SMILES string of the molecule is N[C@@H]1CC[C@@H](N)[C@@H](Cc2ccccc2)C1. The van der Waals surface area contributed by atoms with Gasteiger partial charge in [-0.05, 0) is 37.2 Å². The molecule has 1 aromatic carbocycles. The van der Waals surface area contributed by atoms with Gasteiger partial charge in [-0.15, -0.1) is 0 Å². The summed E-state index contributed by atoms with van der Waals surface area (Å²) in [7, 11) is 0. The molecule has 0 amide bonds. The van der Waals surface area contributed by atoms with Crippen LogP contribution in [0.25, 0.3) is 0 Å². The first-order valence-corrected chi connectivity index (χ1v) is 5.81. The summed E-state index contributed by atoms with van der Waals surface area (Å²) >= 11 is 0. The molecule has 2 rings (SSSR count). The highest BCUT2D eigenvalue weighted by atomic mass is 14.7. The molecule has 0 radical (unpaired) electrons. The van der Waals surface area contributed by atoms with E-state index in [0.29, 0.717) is 18.0 Å². The van der Waals surface area contributed by atoms with Crippen molar-refractivity contribution < 1.29 is 0 Å². The number of rotatable bonds is 2. The zero-order valence-corrected chi connectivity index (χ0v) is 9.10. The minimum Gasteiger partial charge on any atom is -0.328 e. The molecule has 1 fully saturated rings. The second-order valence-corrected chi connectivity index (χ2v) is 4.69. The molecule has 1 aromatic rings. The van der Waals surface area contributed by atoms with E-state index in [1.165, 1.54) is 5.56 Å². The minimum atomic E-state index is 0.338. The second-order valence-electron chi connectivity index (χ2n) is 4.69. The molecular formula is C13H20N2. The highest BCUT2D eigenvalue weighted by molar-refractivity contribution is 5.15. The molecule has 1 saturated carbocycles. The van der Waals surface area contributed by atoms with Gasteiger partial charge in [-0.25, -0.2) is 0 Å². The summed E-state index contributed by atoms with van der Waals surface area (Å²) in [6, 6.07) is 11.3. The van der Waals surface area contributed by atoms with E-state index < -0.39 is 0 Å². The standard InChI is InChI=1S/C13H20N2/c14-12-6-7-13(15)11(9-12)8-10-4-2-1-3-5-10/h1-5,11-13H,6-9,14-15H2/t11-,12+,13+/m0/s1. The summed E-state index contributed by atoms with van der Waals surface area (Å²) in [6.45, 7) is 0. The topological polar surface area (TPSA) is 52.0 Å². The molecule has 0 aromatic heterocycles. The maximum absolute atomic E-state index is 6.13. The van der Waals surface area contributed by atoms with Crippen LogP contribution in [0.2, 0.25) is 0 Å². The van der Waals surface area contributed by atoms with Crippen molar-refractivity contribution in [2.75, 3.05) is 0 Å². The van der Waals surface area contributed by atoms with Gasteiger partial charge >= 0.3 is 0 Å². The third-order valence-corrected chi connectivity index (χ3v) is 3.42. The Labute approximate surface area is 91.7 Å². The molecule has 2 nitrogen and oxygen atoms in total. The van der Waals surface area contributed by atoms with Gasteiger partial charge in [-0.2, -0.15) is 0 Å². The number of hydrogen-bond donors (Lipinski definition) is 2. The molecule has 0 bridgehead atoms. The van der Waals surface area contributed by atoms with Crippen LogP contribution in [-0.4, -0.2) is 12.1 Å². The van der Waals surface area contributed by atoms with E-state index in [-0.39, 0.29) is 0 Å². The minimum absolute atomic E-state index is 0.338. The summed E-state index contributed by atoms with van der Waals surface area (Å²) in [6.07, 6.45) is 4.33. The monoisotopic (exact) mass is 204 g/mol. The van der Waals surface area contributed by atoms with Gasteiger partial charge in [-0.1, -0.05) is 30.3 Å². The zero-order chi connectivity index (χ0) is 10.7. The third kappa shape index (κ3) is 2.80. The van der Waals surface area contributed by atoms with E-state index in [1.807, 2.05) is 0 Å². The predicted molar refractivity (Wildman–Crippen MR) is 63.4 cm³/mol. The lowest BCUT2D eigenvalue weighted by Gasteiger charge is -2.32. The normalized spacial score (nSPS) is 31.5. The lowest BCUT2D eigenvalue weighted by atomic mass is 9.79. The maximum Gasteiger partial charge on any atom is 0.00714 e. The quantitative estimate of drug-likeness (QED) is 0.770. The molecule has 15 heavy (non-hydrogen) atoms. The van der Waals surface area contributed by atoms with Crippen LogP contribution in [0.15, 0.2) is 30.3 Å². The third-order valence-electron chi connectivity index (χ3n) is 3.42. The van der Waals surface area contributed by atoms with Crippen LogP contribution in [0, 0.1) is 5.92 Å². The lowest BCUT2D eigenvalue weighted by Crippen LogP contribution is -2.42. The van der Waals surface area contributed by atoms with E-state index in [1.54, 1.807) is 0 Å². The van der Waals surface area contributed by atoms with Gasteiger partial charge in [0.25, 0.3) is 0 Å². The molecule has 2 heteroatoms. The molecule has 0 heterocycles. The average Bonchev–Trinajstić information content (AvgIpc) is 2.25. The predicted octanol–water partition coefficient (Wildman–Crippen LogP) is 1.68. The van der Waals surface area contributed by atoms with Crippen molar-refractivity contribution in [2.24, 2.45) is 17.4 Å². The molecule has 0 saturated heterocycles. The van der Waals surface area contributed by atoms with Crippen molar-refractivity contribution in [3.8, 4) is 0 Å². The zero-order valence-electron chi connectivity index (χ0n) is 9.10. The van der Waals surface area contributed by atoms with Crippen LogP contribution in [0.3, 0.4) is 0 Å². The van der Waals surface area contributed by atoms with Crippen LogP contribution >= 0.6 is 0 Å². The van der Waals surface area contributed by atoms with Gasteiger partial charge in [0.2, 0.25) is 0 Å². The van der Waals surface area contributed by atoms with E-state index in [4.69, 9.17) is 11.5 Å². The van der Waals surface area contributed by atoms with Crippen LogP contribution in [-0.2, 0) is 6.42 Å². The summed E-state index contributed by atoms with van der Waals surface area (Å²) < 4.78 is 0. The number of hydrogen-bond acceptors (Lipinski definition) is 2.